The average Bonchev–Trinajstić information content (AvgIpc) is 2.64. The molecule has 1 aliphatic rings. The summed E-state index contributed by atoms with van der Waals surface area (Å²) >= 11 is 3.41. The molecule has 0 bridgehead atoms. The zero-order chi connectivity index (χ0) is 7.14. The van der Waals surface area contributed by atoms with Gasteiger partial charge in [0.1, 0.15) is 5.75 Å². The molecule has 1 aromatic carbocycles. The molecule has 1 aromatic rings. The highest BCUT2D eigenvalue weighted by Crippen LogP contribution is 2.39. The van der Waals surface area contributed by atoms with Gasteiger partial charge in [0.25, 0.3) is 0 Å². The van der Waals surface area contributed by atoms with Gasteiger partial charge in [-0.3, -0.25) is 0 Å². The van der Waals surface area contributed by atoms with Gasteiger partial charge in [-0.05, 0) is 17.7 Å². The van der Waals surface area contributed by atoms with Gasteiger partial charge in [-0.15, -0.1) is 0 Å². The molecule has 0 radical (unpaired) electrons. The maximum absolute atomic E-state index is 5.15. The van der Waals surface area contributed by atoms with Gasteiger partial charge >= 0.3 is 0 Å². The number of methoxy groups -OCH3 is 1. The Balaban J connectivity index is 2.53. The molecular formula is C8H7BrO. The Morgan fingerprint density at radius 3 is 3.00 bits per heavy atom. The number of fused-ring (bicyclic) bond motifs is 1. The summed E-state index contributed by atoms with van der Waals surface area (Å²) < 4.78 is 6.26. The third-order valence-corrected chi connectivity index (χ3v) is 2.19. The summed E-state index contributed by atoms with van der Waals surface area (Å²) in [5.74, 6) is 1.02. The van der Waals surface area contributed by atoms with E-state index in [1.54, 1.807) is 7.11 Å². The Hall–Kier alpha value is -0.500. The summed E-state index contributed by atoms with van der Waals surface area (Å²) in [6, 6.07) is 4.14. The van der Waals surface area contributed by atoms with E-state index in [-0.39, 0.29) is 0 Å². The van der Waals surface area contributed by atoms with Gasteiger partial charge in [0.15, 0.2) is 0 Å². The number of hydrogen-bond acceptors (Lipinski definition) is 1. The summed E-state index contributed by atoms with van der Waals surface area (Å²) in [6.07, 6.45) is 1.11. The van der Waals surface area contributed by atoms with Crippen molar-refractivity contribution in [1.82, 2.24) is 0 Å². The topological polar surface area (TPSA) is 9.23 Å². The Morgan fingerprint density at radius 2 is 2.30 bits per heavy atom. The molecule has 0 amide bonds. The van der Waals surface area contributed by atoms with Crippen LogP contribution in [0.1, 0.15) is 11.1 Å². The summed E-state index contributed by atoms with van der Waals surface area (Å²) in [4.78, 5) is 0. The molecule has 0 aliphatic heterocycles. The zero-order valence-corrected chi connectivity index (χ0v) is 7.23. The summed E-state index contributed by atoms with van der Waals surface area (Å²) in [7, 11) is 1.71. The predicted molar refractivity (Wildman–Crippen MR) is 43.5 cm³/mol. The van der Waals surface area contributed by atoms with Crippen molar-refractivity contribution in [3.8, 4) is 5.75 Å². The molecule has 0 saturated heterocycles. The van der Waals surface area contributed by atoms with Crippen LogP contribution in [0.2, 0.25) is 0 Å². The van der Waals surface area contributed by atoms with Gasteiger partial charge in [0.05, 0.1) is 7.11 Å². The largest absolute Gasteiger partial charge is 0.496 e. The van der Waals surface area contributed by atoms with Crippen LogP contribution in [0.15, 0.2) is 16.6 Å². The number of rotatable bonds is 1. The highest BCUT2D eigenvalue weighted by molar-refractivity contribution is 9.10. The molecule has 10 heavy (non-hydrogen) atoms. The van der Waals surface area contributed by atoms with Crippen LogP contribution in [0.3, 0.4) is 0 Å². The standard InChI is InChI=1S/C8H7BrO/c1-10-8-4-6(9)2-5-3-7(5)8/h2,4H,3H2,1H3. The van der Waals surface area contributed by atoms with E-state index in [1.807, 2.05) is 6.07 Å². The van der Waals surface area contributed by atoms with Crippen LogP contribution in [0.4, 0.5) is 0 Å². The van der Waals surface area contributed by atoms with E-state index < -0.39 is 0 Å². The molecule has 0 aromatic heterocycles. The van der Waals surface area contributed by atoms with Gasteiger partial charge in [-0.1, -0.05) is 15.9 Å². The van der Waals surface area contributed by atoms with Crippen molar-refractivity contribution in [3.05, 3.63) is 27.7 Å². The Kier molecular flexibility index (Phi) is 1.24. The number of halogens is 1. The minimum absolute atomic E-state index is 1.02. The predicted octanol–water partition coefficient (Wildman–Crippen LogP) is 2.36. The first kappa shape index (κ1) is 6.23. The van der Waals surface area contributed by atoms with Gasteiger partial charge in [-0.2, -0.15) is 0 Å². The van der Waals surface area contributed by atoms with E-state index in [2.05, 4.69) is 22.0 Å². The van der Waals surface area contributed by atoms with E-state index >= 15 is 0 Å². The van der Waals surface area contributed by atoms with E-state index in [0.29, 0.717) is 0 Å². The van der Waals surface area contributed by atoms with Crippen molar-refractivity contribution in [2.75, 3.05) is 7.11 Å². The van der Waals surface area contributed by atoms with Gasteiger partial charge < -0.3 is 4.74 Å². The molecular weight excluding hydrogens is 192 g/mol. The lowest BCUT2D eigenvalue weighted by molar-refractivity contribution is 0.413. The number of hydrogen-bond donors (Lipinski definition) is 0. The molecule has 1 aliphatic carbocycles. The molecule has 52 valence electrons. The van der Waals surface area contributed by atoms with Crippen LogP contribution in [-0.4, -0.2) is 7.11 Å². The van der Waals surface area contributed by atoms with Crippen molar-refractivity contribution >= 4 is 15.9 Å². The fourth-order valence-corrected chi connectivity index (χ4v) is 1.62. The second kappa shape index (κ2) is 1.99. The van der Waals surface area contributed by atoms with Crippen molar-refractivity contribution < 1.29 is 4.74 Å². The van der Waals surface area contributed by atoms with Crippen LogP contribution >= 0.6 is 15.9 Å². The molecule has 2 heteroatoms. The van der Waals surface area contributed by atoms with E-state index in [9.17, 15) is 0 Å². The Labute approximate surface area is 68.1 Å². The Morgan fingerprint density at radius 1 is 1.50 bits per heavy atom. The molecule has 1 nitrogen and oxygen atoms in total. The van der Waals surface area contributed by atoms with Crippen molar-refractivity contribution in [3.63, 3.8) is 0 Å². The quantitative estimate of drug-likeness (QED) is 0.684. The van der Waals surface area contributed by atoms with Crippen LogP contribution in [0, 0.1) is 0 Å². The summed E-state index contributed by atoms with van der Waals surface area (Å²) in [5, 5.41) is 0. The van der Waals surface area contributed by atoms with Crippen LogP contribution in [0.25, 0.3) is 0 Å². The molecule has 0 saturated carbocycles. The molecule has 0 unspecified atom stereocenters. The van der Waals surface area contributed by atoms with Crippen molar-refractivity contribution in [2.24, 2.45) is 0 Å². The monoisotopic (exact) mass is 198 g/mol. The fraction of sp³-hybridized carbons (Fsp3) is 0.250. The first-order valence-electron chi connectivity index (χ1n) is 3.16. The molecule has 2 rings (SSSR count). The highest BCUT2D eigenvalue weighted by Gasteiger charge is 2.22. The van der Waals surface area contributed by atoms with E-state index in [1.165, 1.54) is 11.1 Å². The van der Waals surface area contributed by atoms with E-state index in [0.717, 1.165) is 16.6 Å². The fourth-order valence-electron chi connectivity index (χ4n) is 1.13. The summed E-state index contributed by atoms with van der Waals surface area (Å²) in [5.41, 5.74) is 2.77. The van der Waals surface area contributed by atoms with Crippen molar-refractivity contribution in [1.29, 1.82) is 0 Å². The third-order valence-electron chi connectivity index (χ3n) is 1.73. The molecule has 0 spiro atoms. The summed E-state index contributed by atoms with van der Waals surface area (Å²) in [6.45, 7) is 0. The van der Waals surface area contributed by atoms with Crippen LogP contribution in [-0.2, 0) is 6.42 Å². The minimum Gasteiger partial charge on any atom is -0.496 e. The first-order valence-corrected chi connectivity index (χ1v) is 3.96. The van der Waals surface area contributed by atoms with E-state index in [4.69, 9.17) is 4.74 Å². The third kappa shape index (κ3) is 0.833. The first-order chi connectivity index (χ1) is 4.81. The highest BCUT2D eigenvalue weighted by atomic mass is 79.9. The molecule has 0 heterocycles. The lowest BCUT2D eigenvalue weighted by Crippen LogP contribution is -1.80. The SMILES string of the molecule is COc1cc(Br)cc2c1C2. The normalized spacial score (nSPS) is 12.6. The maximum atomic E-state index is 5.15. The van der Waals surface area contributed by atoms with Crippen LogP contribution in [0.5, 0.6) is 5.75 Å². The van der Waals surface area contributed by atoms with Gasteiger partial charge in [0, 0.05) is 16.5 Å². The smallest absolute Gasteiger partial charge is 0.123 e. The Bertz CT molecular complexity index is 280. The number of ether oxygens (including phenoxy) is 1. The maximum Gasteiger partial charge on any atom is 0.123 e. The minimum atomic E-state index is 1.02. The lowest BCUT2D eigenvalue weighted by atomic mass is 10.3. The average molecular weight is 199 g/mol. The van der Waals surface area contributed by atoms with Gasteiger partial charge in [-0.25, -0.2) is 0 Å². The zero-order valence-electron chi connectivity index (χ0n) is 5.65. The molecule has 0 N–H and O–H groups in total. The lowest BCUT2D eigenvalue weighted by Gasteiger charge is -1.96. The molecule has 0 atom stereocenters. The second-order valence-electron chi connectivity index (χ2n) is 2.42. The van der Waals surface area contributed by atoms with Crippen molar-refractivity contribution in [2.45, 2.75) is 6.42 Å². The van der Waals surface area contributed by atoms with Gasteiger partial charge in [0.2, 0.25) is 0 Å². The number of benzene rings is 1. The molecule has 0 fully saturated rings. The van der Waals surface area contributed by atoms with Crippen LogP contribution < -0.4 is 4.74 Å². The second-order valence-corrected chi connectivity index (χ2v) is 3.34.